The van der Waals surface area contributed by atoms with E-state index in [-0.39, 0.29) is 11.7 Å². The van der Waals surface area contributed by atoms with Crippen LogP contribution >= 0.6 is 11.6 Å². The lowest BCUT2D eigenvalue weighted by molar-refractivity contribution is 0.0303. The molecule has 5 rings (SSSR count). The predicted molar refractivity (Wildman–Crippen MR) is 120 cm³/mol. The summed E-state index contributed by atoms with van der Waals surface area (Å²) in [6, 6.07) is 18.3. The highest BCUT2D eigenvalue weighted by molar-refractivity contribution is 6.30. The molecule has 0 atom stereocenters. The number of carbonyl (C=O) groups excluding carboxylic acids is 1. The average Bonchev–Trinajstić information content (AvgIpc) is 3.22. The Labute approximate surface area is 184 Å². The molecule has 1 aliphatic rings. The summed E-state index contributed by atoms with van der Waals surface area (Å²) in [6.45, 7) is 2.30. The number of benzene rings is 3. The van der Waals surface area contributed by atoms with Gasteiger partial charge in [-0.25, -0.2) is 4.98 Å². The fourth-order valence-electron chi connectivity index (χ4n) is 3.79. The molecule has 4 aromatic rings. The van der Waals surface area contributed by atoms with Crippen LogP contribution in [0.15, 0.2) is 60.7 Å². The number of amides is 1. The van der Waals surface area contributed by atoms with E-state index in [4.69, 9.17) is 16.3 Å². The van der Waals surface area contributed by atoms with Crippen molar-refractivity contribution in [1.82, 2.24) is 14.9 Å². The number of aromatic amines is 1. The number of halogens is 1. The molecular formula is C24H20ClN3O3. The number of nitrogens with zero attached hydrogens (tertiary/aromatic N) is 2. The van der Waals surface area contributed by atoms with Gasteiger partial charge >= 0.3 is 0 Å². The molecular weight excluding hydrogens is 414 g/mol. The number of fused-ring (bicyclic) bond motifs is 1. The lowest BCUT2D eigenvalue weighted by atomic mass is 10.0. The first kappa shape index (κ1) is 19.6. The van der Waals surface area contributed by atoms with Crippen LogP contribution in [0.2, 0.25) is 5.02 Å². The van der Waals surface area contributed by atoms with E-state index in [9.17, 15) is 9.90 Å². The van der Waals surface area contributed by atoms with Gasteiger partial charge in [0.15, 0.2) is 0 Å². The second-order valence-corrected chi connectivity index (χ2v) is 7.90. The van der Waals surface area contributed by atoms with Gasteiger partial charge in [-0.15, -0.1) is 0 Å². The molecule has 1 amide bonds. The topological polar surface area (TPSA) is 78.4 Å². The zero-order valence-electron chi connectivity index (χ0n) is 16.6. The standard InChI is InChI=1S/C24H20ClN3O3/c25-18-3-1-2-15(12-18)16-5-7-22(29)19(13-16)23-26-20-6-4-17(14-21(20)27-23)24(30)28-8-10-31-11-9-28/h1-7,12-14,29H,8-11H2,(H,26,27). The molecule has 0 radical (unpaired) electrons. The molecule has 1 fully saturated rings. The van der Waals surface area contributed by atoms with E-state index in [1.54, 1.807) is 17.0 Å². The number of phenols is 1. The van der Waals surface area contributed by atoms with Crippen LogP contribution in [0.3, 0.4) is 0 Å². The van der Waals surface area contributed by atoms with Crippen LogP contribution in [0.25, 0.3) is 33.5 Å². The zero-order valence-corrected chi connectivity index (χ0v) is 17.4. The van der Waals surface area contributed by atoms with Crippen molar-refractivity contribution in [3.63, 3.8) is 0 Å². The first-order valence-corrected chi connectivity index (χ1v) is 10.4. The number of aromatic hydroxyl groups is 1. The summed E-state index contributed by atoms with van der Waals surface area (Å²) in [5, 5.41) is 11.1. The SMILES string of the molecule is O=C(c1ccc2nc(-c3cc(-c4cccc(Cl)c4)ccc3O)[nH]c2c1)N1CCOCC1. The number of rotatable bonds is 3. The van der Waals surface area contributed by atoms with Crippen molar-refractivity contribution in [1.29, 1.82) is 0 Å². The first-order valence-electron chi connectivity index (χ1n) is 10.0. The summed E-state index contributed by atoms with van der Waals surface area (Å²) in [4.78, 5) is 22.5. The van der Waals surface area contributed by atoms with Gasteiger partial charge in [0.2, 0.25) is 0 Å². The number of carbonyl (C=O) groups is 1. The molecule has 0 saturated carbocycles. The quantitative estimate of drug-likeness (QED) is 0.489. The van der Waals surface area contributed by atoms with Crippen molar-refractivity contribution in [2.24, 2.45) is 0 Å². The van der Waals surface area contributed by atoms with Gasteiger partial charge in [0.25, 0.3) is 5.91 Å². The van der Waals surface area contributed by atoms with Gasteiger partial charge in [0, 0.05) is 23.7 Å². The zero-order chi connectivity index (χ0) is 21.4. The summed E-state index contributed by atoms with van der Waals surface area (Å²) in [6.07, 6.45) is 0. The fraction of sp³-hybridized carbons (Fsp3) is 0.167. The predicted octanol–water partition coefficient (Wildman–Crippen LogP) is 4.73. The molecule has 0 unspecified atom stereocenters. The van der Waals surface area contributed by atoms with Crippen LogP contribution in [-0.4, -0.2) is 52.2 Å². The minimum atomic E-state index is -0.0212. The monoisotopic (exact) mass is 433 g/mol. The first-order chi connectivity index (χ1) is 15.1. The third-order valence-electron chi connectivity index (χ3n) is 5.44. The van der Waals surface area contributed by atoms with Crippen LogP contribution in [0.1, 0.15) is 10.4 Å². The molecule has 1 aromatic heterocycles. The summed E-state index contributed by atoms with van der Waals surface area (Å²) in [7, 11) is 0. The van der Waals surface area contributed by atoms with E-state index in [1.165, 1.54) is 0 Å². The number of H-pyrrole nitrogens is 1. The Hall–Kier alpha value is -3.35. The maximum atomic E-state index is 12.8. The molecule has 31 heavy (non-hydrogen) atoms. The van der Waals surface area contributed by atoms with Crippen molar-refractivity contribution in [3.8, 4) is 28.3 Å². The van der Waals surface area contributed by atoms with Crippen LogP contribution in [-0.2, 0) is 4.74 Å². The second-order valence-electron chi connectivity index (χ2n) is 7.46. The Morgan fingerprint density at radius 1 is 1.03 bits per heavy atom. The summed E-state index contributed by atoms with van der Waals surface area (Å²) < 4.78 is 5.33. The number of phenolic OH excluding ortho intramolecular Hbond substituents is 1. The molecule has 156 valence electrons. The molecule has 0 spiro atoms. The van der Waals surface area contributed by atoms with Crippen molar-refractivity contribution >= 4 is 28.5 Å². The van der Waals surface area contributed by atoms with Gasteiger partial charge in [0.1, 0.15) is 11.6 Å². The van der Waals surface area contributed by atoms with Gasteiger partial charge in [-0.1, -0.05) is 29.8 Å². The molecule has 6 nitrogen and oxygen atoms in total. The molecule has 0 aliphatic carbocycles. The van der Waals surface area contributed by atoms with Crippen LogP contribution < -0.4 is 0 Å². The number of hydrogen-bond acceptors (Lipinski definition) is 4. The summed E-state index contributed by atoms with van der Waals surface area (Å²) >= 11 is 6.13. The minimum absolute atomic E-state index is 0.0212. The Bertz CT molecular complexity index is 1280. The number of nitrogens with one attached hydrogen (secondary N) is 1. The molecule has 3 aromatic carbocycles. The third kappa shape index (κ3) is 3.87. The maximum Gasteiger partial charge on any atom is 0.254 e. The van der Waals surface area contributed by atoms with Crippen LogP contribution in [0, 0.1) is 0 Å². The van der Waals surface area contributed by atoms with Gasteiger partial charge in [-0.2, -0.15) is 0 Å². The molecule has 7 heteroatoms. The van der Waals surface area contributed by atoms with Crippen molar-refractivity contribution in [2.75, 3.05) is 26.3 Å². The van der Waals surface area contributed by atoms with E-state index in [0.717, 1.165) is 22.2 Å². The van der Waals surface area contributed by atoms with E-state index in [2.05, 4.69) is 9.97 Å². The van der Waals surface area contributed by atoms with Crippen LogP contribution in [0.4, 0.5) is 0 Å². The number of morpholine rings is 1. The lowest BCUT2D eigenvalue weighted by Crippen LogP contribution is -2.40. The van der Waals surface area contributed by atoms with E-state index in [0.29, 0.717) is 48.3 Å². The van der Waals surface area contributed by atoms with Crippen molar-refractivity contribution in [3.05, 3.63) is 71.2 Å². The fourth-order valence-corrected chi connectivity index (χ4v) is 3.98. The number of ether oxygens (including phenoxy) is 1. The highest BCUT2D eigenvalue weighted by Gasteiger charge is 2.19. The second kappa shape index (κ2) is 8.06. The minimum Gasteiger partial charge on any atom is -0.507 e. The van der Waals surface area contributed by atoms with Crippen molar-refractivity contribution < 1.29 is 14.6 Å². The van der Waals surface area contributed by atoms with Gasteiger partial charge < -0.3 is 19.7 Å². The van der Waals surface area contributed by atoms with E-state index >= 15 is 0 Å². The Morgan fingerprint density at radius 3 is 2.65 bits per heavy atom. The average molecular weight is 434 g/mol. The molecule has 2 N–H and O–H groups in total. The lowest BCUT2D eigenvalue weighted by Gasteiger charge is -2.26. The Morgan fingerprint density at radius 2 is 1.84 bits per heavy atom. The summed E-state index contributed by atoms with van der Waals surface area (Å²) in [5.74, 6) is 0.633. The third-order valence-corrected chi connectivity index (χ3v) is 5.67. The van der Waals surface area contributed by atoms with Gasteiger partial charge in [-0.3, -0.25) is 4.79 Å². The van der Waals surface area contributed by atoms with Crippen LogP contribution in [0.5, 0.6) is 5.75 Å². The highest BCUT2D eigenvalue weighted by atomic mass is 35.5. The molecule has 1 aliphatic heterocycles. The Kier molecular flexibility index (Phi) is 5.10. The Balaban J connectivity index is 1.50. The van der Waals surface area contributed by atoms with E-state index in [1.807, 2.05) is 48.5 Å². The summed E-state index contributed by atoms with van der Waals surface area (Å²) in [5.41, 5.74) is 4.50. The number of aromatic nitrogens is 2. The van der Waals surface area contributed by atoms with Crippen molar-refractivity contribution in [2.45, 2.75) is 0 Å². The normalized spacial score (nSPS) is 14.2. The smallest absolute Gasteiger partial charge is 0.254 e. The molecule has 1 saturated heterocycles. The van der Waals surface area contributed by atoms with Gasteiger partial charge in [-0.05, 0) is 53.6 Å². The number of hydrogen-bond donors (Lipinski definition) is 2. The number of imidazole rings is 1. The maximum absolute atomic E-state index is 12.8. The molecule has 2 heterocycles. The largest absolute Gasteiger partial charge is 0.507 e. The highest BCUT2D eigenvalue weighted by Crippen LogP contribution is 2.34. The van der Waals surface area contributed by atoms with Gasteiger partial charge in [0.05, 0.1) is 29.8 Å². The van der Waals surface area contributed by atoms with E-state index < -0.39 is 0 Å². The molecule has 0 bridgehead atoms.